The van der Waals surface area contributed by atoms with Crippen LogP contribution in [0.15, 0.2) is 48.5 Å². The van der Waals surface area contributed by atoms with Gasteiger partial charge >= 0.3 is 0 Å². The zero-order valence-electron chi connectivity index (χ0n) is 14.7. The number of nitrogens with zero attached hydrogens (tertiary/aromatic N) is 1. The molecule has 1 spiro atoms. The zero-order valence-corrected chi connectivity index (χ0v) is 16.3. The lowest BCUT2D eigenvalue weighted by molar-refractivity contribution is -0.0931. The number of ether oxygens (including phenoxy) is 1. The van der Waals surface area contributed by atoms with Crippen LogP contribution in [0.1, 0.15) is 48.5 Å². The molecular formula is C21H25Cl2NO. The van der Waals surface area contributed by atoms with Gasteiger partial charge < -0.3 is 9.64 Å². The lowest BCUT2D eigenvalue weighted by Gasteiger charge is -2.40. The molecule has 1 aliphatic carbocycles. The molecule has 0 radical (unpaired) electrons. The van der Waals surface area contributed by atoms with Gasteiger partial charge in [-0.2, -0.15) is 0 Å². The first-order chi connectivity index (χ1) is 11.6. The van der Waals surface area contributed by atoms with E-state index in [4.69, 9.17) is 16.3 Å². The summed E-state index contributed by atoms with van der Waals surface area (Å²) in [5, 5.41) is 0.770. The van der Waals surface area contributed by atoms with E-state index >= 15 is 0 Å². The first-order valence-electron chi connectivity index (χ1n) is 8.78. The van der Waals surface area contributed by atoms with Crippen LogP contribution in [0.25, 0.3) is 0 Å². The monoisotopic (exact) mass is 377 g/mol. The minimum absolute atomic E-state index is 0. The Kier molecular flexibility index (Phi) is 5.45. The van der Waals surface area contributed by atoms with Crippen molar-refractivity contribution in [2.75, 3.05) is 14.1 Å². The van der Waals surface area contributed by atoms with Crippen molar-refractivity contribution < 1.29 is 4.74 Å². The number of rotatable bonds is 2. The summed E-state index contributed by atoms with van der Waals surface area (Å²) in [6, 6.07) is 17.5. The van der Waals surface area contributed by atoms with Crippen molar-refractivity contribution in [1.29, 1.82) is 0 Å². The Hall–Kier alpha value is -1.06. The van der Waals surface area contributed by atoms with Gasteiger partial charge in [0.1, 0.15) is 6.10 Å². The van der Waals surface area contributed by atoms with Gasteiger partial charge in [-0.3, -0.25) is 0 Å². The highest BCUT2D eigenvalue weighted by Gasteiger charge is 2.47. The van der Waals surface area contributed by atoms with Crippen LogP contribution in [0.5, 0.6) is 0 Å². The van der Waals surface area contributed by atoms with Crippen molar-refractivity contribution >= 4 is 24.0 Å². The van der Waals surface area contributed by atoms with Crippen molar-refractivity contribution in [3.05, 3.63) is 70.2 Å². The molecule has 2 nitrogen and oxygen atoms in total. The molecule has 2 aromatic carbocycles. The molecule has 2 aromatic rings. The molecule has 0 saturated heterocycles. The van der Waals surface area contributed by atoms with Crippen molar-refractivity contribution in [3.8, 4) is 0 Å². The standard InChI is InChI=1S/C21H24ClNO.ClH/c1-23(2)17-11-13-21(14-12-17)19-6-4-3-5-18(19)20(24-21)15-7-9-16(22)10-8-15;/h3-10,17,20H,11-14H2,1-2H3;1H/t17?,20-,21?;/m1./s1. The summed E-state index contributed by atoms with van der Waals surface area (Å²) in [4.78, 5) is 2.35. The molecular weight excluding hydrogens is 353 g/mol. The summed E-state index contributed by atoms with van der Waals surface area (Å²) in [6.07, 6.45) is 4.59. The Morgan fingerprint density at radius 1 is 1.00 bits per heavy atom. The van der Waals surface area contributed by atoms with E-state index in [0.717, 1.165) is 17.9 Å². The Bertz CT molecular complexity index is 721. The zero-order chi connectivity index (χ0) is 16.7. The van der Waals surface area contributed by atoms with Crippen LogP contribution in [-0.2, 0) is 10.3 Å². The van der Waals surface area contributed by atoms with E-state index in [1.54, 1.807) is 0 Å². The van der Waals surface area contributed by atoms with E-state index in [2.05, 4.69) is 55.4 Å². The van der Waals surface area contributed by atoms with E-state index in [0.29, 0.717) is 6.04 Å². The summed E-state index contributed by atoms with van der Waals surface area (Å²) in [5.41, 5.74) is 3.79. The van der Waals surface area contributed by atoms with E-state index < -0.39 is 0 Å². The third-order valence-electron chi connectivity index (χ3n) is 5.74. The van der Waals surface area contributed by atoms with Crippen LogP contribution in [-0.4, -0.2) is 25.0 Å². The molecule has 4 heteroatoms. The van der Waals surface area contributed by atoms with Gasteiger partial charge in [-0.05, 0) is 68.6 Å². The minimum Gasteiger partial charge on any atom is -0.358 e. The molecule has 0 aromatic heterocycles. The fourth-order valence-corrected chi connectivity index (χ4v) is 4.48. The first-order valence-corrected chi connectivity index (χ1v) is 9.16. The summed E-state index contributed by atoms with van der Waals surface area (Å²) >= 11 is 6.06. The van der Waals surface area contributed by atoms with Crippen LogP contribution in [0.3, 0.4) is 0 Å². The molecule has 1 saturated carbocycles. The fraction of sp³-hybridized carbons (Fsp3) is 0.429. The van der Waals surface area contributed by atoms with Crippen LogP contribution in [0, 0.1) is 0 Å². The maximum absolute atomic E-state index is 6.75. The lowest BCUT2D eigenvalue weighted by atomic mass is 9.77. The second-order valence-corrected chi connectivity index (χ2v) is 7.76. The smallest absolute Gasteiger partial charge is 0.109 e. The van der Waals surface area contributed by atoms with Crippen molar-refractivity contribution in [2.45, 2.75) is 43.4 Å². The molecule has 1 heterocycles. The molecule has 0 bridgehead atoms. The topological polar surface area (TPSA) is 12.5 Å². The van der Waals surface area contributed by atoms with E-state index in [1.807, 2.05) is 12.1 Å². The molecule has 4 rings (SSSR count). The van der Waals surface area contributed by atoms with Gasteiger partial charge in [0.05, 0.1) is 5.60 Å². The summed E-state index contributed by atoms with van der Waals surface area (Å²) in [7, 11) is 4.37. The summed E-state index contributed by atoms with van der Waals surface area (Å²) < 4.78 is 6.75. The number of benzene rings is 2. The molecule has 0 unspecified atom stereocenters. The van der Waals surface area contributed by atoms with Crippen LogP contribution < -0.4 is 0 Å². The van der Waals surface area contributed by atoms with Gasteiger partial charge in [0.2, 0.25) is 0 Å². The predicted octanol–water partition coefficient (Wildman–Crippen LogP) is 5.58. The quantitative estimate of drug-likeness (QED) is 0.676. The third kappa shape index (κ3) is 3.33. The molecule has 0 N–H and O–H groups in total. The highest BCUT2D eigenvalue weighted by atomic mass is 35.5. The van der Waals surface area contributed by atoms with Gasteiger partial charge in [0.15, 0.2) is 0 Å². The molecule has 1 fully saturated rings. The second kappa shape index (κ2) is 7.28. The Morgan fingerprint density at radius 2 is 1.64 bits per heavy atom. The van der Waals surface area contributed by atoms with E-state index in [-0.39, 0.29) is 24.1 Å². The number of hydrogen-bond donors (Lipinski definition) is 0. The number of halogens is 2. The lowest BCUT2D eigenvalue weighted by Crippen LogP contribution is -2.39. The second-order valence-electron chi connectivity index (χ2n) is 7.33. The largest absolute Gasteiger partial charge is 0.358 e. The average Bonchev–Trinajstić information content (AvgIpc) is 2.91. The average molecular weight is 378 g/mol. The van der Waals surface area contributed by atoms with Crippen LogP contribution in [0.2, 0.25) is 5.02 Å². The van der Waals surface area contributed by atoms with Gasteiger partial charge in [-0.25, -0.2) is 0 Å². The van der Waals surface area contributed by atoms with Crippen molar-refractivity contribution in [2.24, 2.45) is 0 Å². The summed E-state index contributed by atoms with van der Waals surface area (Å²) in [5.74, 6) is 0. The molecule has 2 aliphatic rings. The van der Waals surface area contributed by atoms with Gasteiger partial charge in [-0.1, -0.05) is 48.0 Å². The van der Waals surface area contributed by atoms with Gasteiger partial charge in [-0.15, -0.1) is 12.4 Å². The Morgan fingerprint density at radius 3 is 2.28 bits per heavy atom. The van der Waals surface area contributed by atoms with E-state index in [9.17, 15) is 0 Å². The minimum atomic E-state index is -0.118. The maximum Gasteiger partial charge on any atom is 0.109 e. The van der Waals surface area contributed by atoms with Crippen molar-refractivity contribution in [3.63, 3.8) is 0 Å². The molecule has 0 amide bonds. The van der Waals surface area contributed by atoms with Crippen molar-refractivity contribution in [1.82, 2.24) is 4.90 Å². The normalized spacial score (nSPS) is 28.0. The molecule has 1 atom stereocenters. The third-order valence-corrected chi connectivity index (χ3v) is 6.00. The summed E-state index contributed by atoms with van der Waals surface area (Å²) in [6.45, 7) is 0. The highest BCUT2D eigenvalue weighted by molar-refractivity contribution is 6.30. The van der Waals surface area contributed by atoms with Gasteiger partial charge in [0, 0.05) is 11.1 Å². The van der Waals surface area contributed by atoms with Crippen LogP contribution in [0.4, 0.5) is 0 Å². The Labute approximate surface area is 161 Å². The molecule has 25 heavy (non-hydrogen) atoms. The Balaban J connectivity index is 0.00000182. The SMILES string of the molecule is CN(C)C1CCC2(CC1)O[C@H](c1ccc(Cl)cc1)c1ccccc12.Cl. The fourth-order valence-electron chi connectivity index (χ4n) is 4.35. The number of hydrogen-bond acceptors (Lipinski definition) is 2. The number of fused-ring (bicyclic) bond motifs is 2. The highest BCUT2D eigenvalue weighted by Crippen LogP contribution is 2.53. The molecule has 1 aliphatic heterocycles. The van der Waals surface area contributed by atoms with Gasteiger partial charge in [0.25, 0.3) is 0 Å². The molecule has 134 valence electrons. The maximum atomic E-state index is 6.75. The van der Waals surface area contributed by atoms with Crippen LogP contribution >= 0.6 is 24.0 Å². The predicted molar refractivity (Wildman–Crippen MR) is 106 cm³/mol. The first kappa shape index (κ1) is 18.7. The van der Waals surface area contributed by atoms with E-state index in [1.165, 1.54) is 29.5 Å².